The van der Waals surface area contributed by atoms with Crippen molar-refractivity contribution in [3.8, 4) is 5.75 Å². The summed E-state index contributed by atoms with van der Waals surface area (Å²) < 4.78 is 5.50. The fourth-order valence-corrected chi connectivity index (χ4v) is 2.66. The van der Waals surface area contributed by atoms with Gasteiger partial charge in [0.15, 0.2) is 0 Å². The van der Waals surface area contributed by atoms with E-state index in [0.717, 1.165) is 28.4 Å². The number of hydrogen-bond donors (Lipinski definition) is 1. The first kappa shape index (κ1) is 15.0. The summed E-state index contributed by atoms with van der Waals surface area (Å²) in [7, 11) is 3.75. The van der Waals surface area contributed by atoms with Gasteiger partial charge in [-0.1, -0.05) is 42.5 Å². The van der Waals surface area contributed by atoms with E-state index in [9.17, 15) is 0 Å². The molecule has 0 spiro atoms. The van der Waals surface area contributed by atoms with Crippen molar-refractivity contribution in [2.24, 2.45) is 0 Å². The normalized spacial score (nSPS) is 13.0. The molecule has 3 rings (SSSR count). The number of methoxy groups -OCH3 is 1. The number of allylic oxidation sites excluding steroid dienone is 4. The lowest BCUT2D eigenvalue weighted by Crippen LogP contribution is -2.14. The van der Waals surface area contributed by atoms with E-state index in [4.69, 9.17) is 4.74 Å². The Kier molecular flexibility index (Phi) is 4.48. The van der Waals surface area contributed by atoms with Crippen molar-refractivity contribution in [3.63, 3.8) is 0 Å². The topological polar surface area (TPSA) is 24.5 Å². The van der Waals surface area contributed by atoms with Gasteiger partial charge in [0.05, 0.1) is 18.5 Å². The molecule has 0 unspecified atom stereocenters. The Morgan fingerprint density at radius 1 is 0.870 bits per heavy atom. The van der Waals surface area contributed by atoms with Crippen LogP contribution in [0.2, 0.25) is 0 Å². The van der Waals surface area contributed by atoms with Crippen LogP contribution in [0.25, 0.3) is 5.70 Å². The summed E-state index contributed by atoms with van der Waals surface area (Å²) in [5, 5.41) is 3.33. The maximum absolute atomic E-state index is 5.50. The highest BCUT2D eigenvalue weighted by Gasteiger charge is 2.14. The summed E-state index contributed by atoms with van der Waals surface area (Å²) in [5.74, 6) is 0.854. The molecule has 2 aromatic rings. The zero-order valence-electron chi connectivity index (χ0n) is 13.4. The van der Waals surface area contributed by atoms with Gasteiger partial charge in [-0.25, -0.2) is 0 Å². The van der Waals surface area contributed by atoms with E-state index in [1.165, 1.54) is 0 Å². The zero-order chi connectivity index (χ0) is 16.1. The van der Waals surface area contributed by atoms with Gasteiger partial charge in [-0.3, -0.25) is 0 Å². The molecule has 23 heavy (non-hydrogen) atoms. The first-order valence-corrected chi connectivity index (χ1v) is 7.57. The second-order valence-electron chi connectivity index (χ2n) is 5.22. The van der Waals surface area contributed by atoms with Crippen LogP contribution in [0.4, 0.5) is 11.4 Å². The van der Waals surface area contributed by atoms with Gasteiger partial charge in [0.2, 0.25) is 0 Å². The highest BCUT2D eigenvalue weighted by atomic mass is 16.5. The minimum Gasteiger partial charge on any atom is -0.495 e. The van der Waals surface area contributed by atoms with E-state index in [1.54, 1.807) is 7.11 Å². The van der Waals surface area contributed by atoms with E-state index in [2.05, 4.69) is 47.6 Å². The lowest BCUT2D eigenvalue weighted by Gasteiger charge is -2.25. The quantitative estimate of drug-likeness (QED) is 0.901. The molecule has 0 radical (unpaired) electrons. The number of ether oxygens (including phenoxy) is 1. The summed E-state index contributed by atoms with van der Waals surface area (Å²) in [5.41, 5.74) is 4.34. The van der Waals surface area contributed by atoms with Gasteiger partial charge in [-0.15, -0.1) is 0 Å². The molecule has 0 amide bonds. The fraction of sp³-hybridized carbons (Fsp3) is 0.100. The molecule has 0 bridgehead atoms. The number of nitrogens with one attached hydrogen (secondary N) is 1. The average Bonchev–Trinajstić information content (AvgIpc) is 2.90. The summed E-state index contributed by atoms with van der Waals surface area (Å²) in [6, 6.07) is 16.4. The van der Waals surface area contributed by atoms with Crippen molar-refractivity contribution in [3.05, 3.63) is 84.6 Å². The van der Waals surface area contributed by atoms with Crippen LogP contribution in [-0.4, -0.2) is 14.2 Å². The molecular formula is C20H20N2O. The molecule has 2 aromatic carbocycles. The van der Waals surface area contributed by atoms with Crippen molar-refractivity contribution in [1.82, 2.24) is 5.32 Å². The van der Waals surface area contributed by atoms with Crippen LogP contribution in [0.1, 0.15) is 5.56 Å². The monoisotopic (exact) mass is 304 g/mol. The number of para-hydroxylation sites is 3. The van der Waals surface area contributed by atoms with Gasteiger partial charge in [-0.05, 0) is 30.4 Å². The Labute approximate surface area is 137 Å². The third-order valence-electron chi connectivity index (χ3n) is 3.82. The molecule has 0 aromatic heterocycles. The molecular weight excluding hydrogens is 284 g/mol. The lowest BCUT2D eigenvalue weighted by atomic mass is 10.1. The van der Waals surface area contributed by atoms with Gasteiger partial charge in [-0.2, -0.15) is 0 Å². The summed E-state index contributed by atoms with van der Waals surface area (Å²) in [6.07, 6.45) is 10.0. The van der Waals surface area contributed by atoms with Crippen molar-refractivity contribution >= 4 is 17.1 Å². The van der Waals surface area contributed by atoms with Crippen molar-refractivity contribution in [2.75, 3.05) is 19.1 Å². The van der Waals surface area contributed by atoms with Gasteiger partial charge >= 0.3 is 0 Å². The number of hydrogen-bond acceptors (Lipinski definition) is 3. The van der Waals surface area contributed by atoms with Crippen molar-refractivity contribution < 1.29 is 4.74 Å². The molecule has 0 fully saturated rings. The zero-order valence-corrected chi connectivity index (χ0v) is 13.4. The Hall–Kier alpha value is -2.94. The average molecular weight is 304 g/mol. The third-order valence-corrected chi connectivity index (χ3v) is 3.82. The van der Waals surface area contributed by atoms with E-state index < -0.39 is 0 Å². The number of rotatable bonds is 4. The fourth-order valence-electron chi connectivity index (χ4n) is 2.66. The van der Waals surface area contributed by atoms with Gasteiger partial charge in [0.25, 0.3) is 0 Å². The molecule has 3 nitrogen and oxygen atoms in total. The summed E-state index contributed by atoms with van der Waals surface area (Å²) >= 11 is 0. The van der Waals surface area contributed by atoms with E-state index >= 15 is 0 Å². The molecule has 0 aliphatic carbocycles. The largest absolute Gasteiger partial charge is 0.495 e. The predicted octanol–water partition coefficient (Wildman–Crippen LogP) is 4.48. The van der Waals surface area contributed by atoms with Crippen molar-refractivity contribution in [1.29, 1.82) is 0 Å². The van der Waals surface area contributed by atoms with E-state index in [-0.39, 0.29) is 0 Å². The molecule has 1 heterocycles. The van der Waals surface area contributed by atoms with E-state index in [1.807, 2.05) is 48.7 Å². The first-order chi connectivity index (χ1) is 11.3. The highest BCUT2D eigenvalue weighted by Crippen LogP contribution is 2.35. The molecule has 1 N–H and O–H groups in total. The van der Waals surface area contributed by atoms with Gasteiger partial charge in [0, 0.05) is 24.5 Å². The first-order valence-electron chi connectivity index (χ1n) is 7.57. The second-order valence-corrected chi connectivity index (χ2v) is 5.22. The minimum absolute atomic E-state index is 0.854. The molecule has 3 heteroatoms. The number of anilines is 2. The molecule has 0 saturated heterocycles. The molecule has 1 aliphatic rings. The number of nitrogens with zero attached hydrogens (tertiary/aromatic N) is 1. The SMILES string of the molecule is COc1ccccc1N(C)c1ccccc1C1=CC=CC=CN1. The van der Waals surface area contributed by atoms with Crippen LogP contribution in [0.3, 0.4) is 0 Å². The van der Waals surface area contributed by atoms with Crippen LogP contribution < -0.4 is 15.0 Å². The Morgan fingerprint density at radius 2 is 1.61 bits per heavy atom. The van der Waals surface area contributed by atoms with E-state index in [0.29, 0.717) is 0 Å². The van der Waals surface area contributed by atoms with Crippen LogP contribution in [-0.2, 0) is 0 Å². The van der Waals surface area contributed by atoms with Gasteiger partial charge < -0.3 is 15.0 Å². The predicted molar refractivity (Wildman–Crippen MR) is 96.9 cm³/mol. The maximum atomic E-state index is 5.50. The Bertz CT molecular complexity index is 775. The van der Waals surface area contributed by atoms with Crippen molar-refractivity contribution in [2.45, 2.75) is 0 Å². The Morgan fingerprint density at radius 3 is 2.43 bits per heavy atom. The second kappa shape index (κ2) is 6.88. The molecule has 116 valence electrons. The maximum Gasteiger partial charge on any atom is 0.142 e. The highest BCUT2D eigenvalue weighted by molar-refractivity contribution is 5.81. The van der Waals surface area contributed by atoms with Crippen LogP contribution in [0, 0.1) is 0 Å². The lowest BCUT2D eigenvalue weighted by molar-refractivity contribution is 0.415. The molecule has 0 atom stereocenters. The minimum atomic E-state index is 0.854. The van der Waals surface area contributed by atoms with Crippen LogP contribution >= 0.6 is 0 Å². The summed E-state index contributed by atoms with van der Waals surface area (Å²) in [4.78, 5) is 2.15. The molecule has 1 aliphatic heterocycles. The molecule has 0 saturated carbocycles. The van der Waals surface area contributed by atoms with Crippen LogP contribution in [0.15, 0.2) is 79.0 Å². The summed E-state index contributed by atoms with van der Waals surface area (Å²) in [6.45, 7) is 0. The third kappa shape index (κ3) is 3.14. The Balaban J connectivity index is 2.05. The standard InChI is InChI=1S/C20H20N2O/c1-22(19-13-7-8-14-20(19)23-2)18-12-6-5-10-16(18)17-11-4-3-9-15-21-17/h3-15,21H,1-2H3. The van der Waals surface area contributed by atoms with Crippen LogP contribution in [0.5, 0.6) is 5.75 Å². The van der Waals surface area contributed by atoms with Gasteiger partial charge in [0.1, 0.15) is 5.75 Å². The number of benzene rings is 2. The smallest absolute Gasteiger partial charge is 0.142 e.